The summed E-state index contributed by atoms with van der Waals surface area (Å²) in [4.78, 5) is 21.6. The molecule has 2 atom stereocenters. The average molecular weight is 348 g/mol. The maximum atomic E-state index is 11.5. The van der Waals surface area contributed by atoms with Crippen molar-refractivity contribution >= 4 is 27.6 Å². The maximum absolute atomic E-state index is 11.5. The highest BCUT2D eigenvalue weighted by atomic mass is 79.9. The molecule has 1 aromatic rings. The van der Waals surface area contributed by atoms with Gasteiger partial charge in [0.15, 0.2) is 0 Å². The molecule has 0 aromatic heterocycles. The summed E-state index contributed by atoms with van der Waals surface area (Å²) in [6.45, 7) is 0. The number of benzene rings is 1. The highest BCUT2D eigenvalue weighted by molar-refractivity contribution is 9.09. The van der Waals surface area contributed by atoms with Crippen LogP contribution in [0.2, 0.25) is 0 Å². The van der Waals surface area contributed by atoms with Crippen LogP contribution in [-0.4, -0.2) is 39.6 Å². The van der Waals surface area contributed by atoms with Gasteiger partial charge in [-0.15, -0.1) is 0 Å². The van der Waals surface area contributed by atoms with Crippen molar-refractivity contribution in [2.75, 3.05) is 12.4 Å². The predicted octanol–water partition coefficient (Wildman–Crippen LogP) is 1.56. The molecule has 0 saturated carbocycles. The van der Waals surface area contributed by atoms with Crippen LogP contribution in [0.5, 0.6) is 0 Å². The first-order chi connectivity index (χ1) is 9.40. The molecule has 1 aromatic carbocycles. The summed E-state index contributed by atoms with van der Waals surface area (Å²) in [7, 11) is 1.15. The number of carbonyl (C=O) groups excluding carboxylic acids is 1. The SMILES string of the molecule is COC(=O)c1cc(C(O)C(O)CCBr)cc([N+](=O)[O-])c1. The number of methoxy groups -OCH3 is 1. The first kappa shape index (κ1) is 16.5. The molecule has 0 aliphatic rings. The number of nitrogens with zero attached hydrogens (tertiary/aromatic N) is 1. The van der Waals surface area contributed by atoms with Crippen molar-refractivity contribution in [3.05, 3.63) is 39.4 Å². The van der Waals surface area contributed by atoms with Gasteiger partial charge in [-0.2, -0.15) is 0 Å². The molecule has 20 heavy (non-hydrogen) atoms. The van der Waals surface area contributed by atoms with Crippen LogP contribution in [-0.2, 0) is 4.74 Å². The molecule has 0 radical (unpaired) electrons. The van der Waals surface area contributed by atoms with Gasteiger partial charge in [0.1, 0.15) is 6.10 Å². The zero-order valence-corrected chi connectivity index (χ0v) is 12.2. The van der Waals surface area contributed by atoms with Gasteiger partial charge < -0.3 is 14.9 Å². The lowest BCUT2D eigenvalue weighted by Crippen LogP contribution is -2.19. The van der Waals surface area contributed by atoms with E-state index in [-0.39, 0.29) is 23.2 Å². The van der Waals surface area contributed by atoms with Gasteiger partial charge in [-0.3, -0.25) is 10.1 Å². The molecule has 8 heteroatoms. The van der Waals surface area contributed by atoms with Crippen LogP contribution in [0.1, 0.15) is 28.4 Å². The number of esters is 1. The summed E-state index contributed by atoms with van der Waals surface area (Å²) in [6.07, 6.45) is -2.16. The Morgan fingerprint density at radius 1 is 1.45 bits per heavy atom. The normalized spacial score (nSPS) is 13.6. The molecule has 0 heterocycles. The number of alkyl halides is 1. The lowest BCUT2D eigenvalue weighted by molar-refractivity contribution is -0.385. The molecule has 0 fully saturated rings. The molecule has 1 rings (SSSR count). The zero-order valence-electron chi connectivity index (χ0n) is 10.7. The summed E-state index contributed by atoms with van der Waals surface area (Å²) in [5, 5.41) is 31.0. The Kier molecular flexibility index (Phi) is 6.05. The van der Waals surface area contributed by atoms with Crippen molar-refractivity contribution in [1.82, 2.24) is 0 Å². The number of carbonyl (C=O) groups is 1. The first-order valence-corrected chi connectivity index (χ1v) is 6.82. The van der Waals surface area contributed by atoms with Crippen LogP contribution in [0.4, 0.5) is 5.69 Å². The summed E-state index contributed by atoms with van der Waals surface area (Å²) in [5.74, 6) is -0.753. The van der Waals surface area contributed by atoms with E-state index >= 15 is 0 Å². The van der Waals surface area contributed by atoms with Gasteiger partial charge in [-0.25, -0.2) is 4.79 Å². The molecule has 0 spiro atoms. The van der Waals surface area contributed by atoms with E-state index in [1.165, 1.54) is 6.07 Å². The van der Waals surface area contributed by atoms with Gasteiger partial charge in [0.25, 0.3) is 5.69 Å². The molecular formula is C12H14BrNO6. The lowest BCUT2D eigenvalue weighted by atomic mass is 9.99. The predicted molar refractivity (Wildman–Crippen MR) is 73.8 cm³/mol. The van der Waals surface area contributed by atoms with E-state index in [0.29, 0.717) is 5.33 Å². The molecule has 7 nitrogen and oxygen atoms in total. The maximum Gasteiger partial charge on any atom is 0.338 e. The fourth-order valence-corrected chi connectivity index (χ4v) is 2.11. The summed E-state index contributed by atoms with van der Waals surface area (Å²) >= 11 is 3.12. The number of rotatable bonds is 6. The standard InChI is InChI=1S/C12H14BrNO6/c1-20-12(17)8-4-7(5-9(6-8)14(18)19)11(16)10(15)2-3-13/h4-6,10-11,15-16H,2-3H2,1H3. The number of hydrogen-bond acceptors (Lipinski definition) is 6. The monoisotopic (exact) mass is 347 g/mol. The van der Waals surface area contributed by atoms with Crippen LogP contribution < -0.4 is 0 Å². The molecular weight excluding hydrogens is 334 g/mol. The van der Waals surface area contributed by atoms with Crippen molar-refractivity contribution in [2.24, 2.45) is 0 Å². The fraction of sp³-hybridized carbons (Fsp3) is 0.417. The average Bonchev–Trinajstić information content (AvgIpc) is 2.45. The second-order valence-electron chi connectivity index (χ2n) is 4.05. The van der Waals surface area contributed by atoms with Gasteiger partial charge >= 0.3 is 5.97 Å². The van der Waals surface area contributed by atoms with Gasteiger partial charge in [0.2, 0.25) is 0 Å². The van der Waals surface area contributed by atoms with Crippen LogP contribution in [0.25, 0.3) is 0 Å². The number of ether oxygens (including phenoxy) is 1. The zero-order chi connectivity index (χ0) is 15.3. The van der Waals surface area contributed by atoms with E-state index in [1.807, 2.05) is 0 Å². The Labute approximate surface area is 123 Å². The third-order valence-corrected chi connectivity index (χ3v) is 3.14. The Bertz CT molecular complexity index is 507. The Morgan fingerprint density at radius 3 is 2.60 bits per heavy atom. The fourth-order valence-electron chi connectivity index (χ4n) is 1.64. The van der Waals surface area contributed by atoms with Gasteiger partial charge in [-0.1, -0.05) is 15.9 Å². The summed E-state index contributed by atoms with van der Waals surface area (Å²) in [6, 6.07) is 3.44. The van der Waals surface area contributed by atoms with E-state index in [9.17, 15) is 25.1 Å². The third-order valence-electron chi connectivity index (χ3n) is 2.68. The van der Waals surface area contributed by atoms with E-state index < -0.39 is 23.1 Å². The number of hydrogen-bond donors (Lipinski definition) is 2. The number of halogens is 1. The molecule has 0 aliphatic carbocycles. The van der Waals surface area contributed by atoms with E-state index in [1.54, 1.807) is 0 Å². The van der Waals surface area contributed by atoms with Crippen molar-refractivity contribution < 1.29 is 24.7 Å². The lowest BCUT2D eigenvalue weighted by Gasteiger charge is -2.17. The third kappa shape index (κ3) is 3.99. The van der Waals surface area contributed by atoms with Gasteiger partial charge in [-0.05, 0) is 18.1 Å². The molecule has 0 saturated heterocycles. The number of aliphatic hydroxyl groups excluding tert-OH is 2. The minimum Gasteiger partial charge on any atom is -0.465 e. The largest absolute Gasteiger partial charge is 0.465 e. The van der Waals surface area contributed by atoms with E-state index in [4.69, 9.17) is 0 Å². The second-order valence-corrected chi connectivity index (χ2v) is 4.84. The minimum absolute atomic E-state index is 0.0539. The number of non-ortho nitro benzene ring substituents is 1. The molecule has 110 valence electrons. The van der Waals surface area contributed by atoms with Crippen molar-refractivity contribution in [3.8, 4) is 0 Å². The quantitative estimate of drug-likeness (QED) is 0.349. The Morgan fingerprint density at radius 2 is 2.10 bits per heavy atom. The van der Waals surface area contributed by atoms with Crippen LogP contribution in [0.3, 0.4) is 0 Å². The smallest absolute Gasteiger partial charge is 0.338 e. The molecule has 2 unspecified atom stereocenters. The van der Waals surface area contributed by atoms with Gasteiger partial charge in [0, 0.05) is 17.5 Å². The summed E-state index contributed by atoms with van der Waals surface area (Å²) in [5.41, 5.74) is -0.317. The Hall–Kier alpha value is -1.51. The number of nitro benzene ring substituents is 1. The second kappa shape index (κ2) is 7.32. The highest BCUT2D eigenvalue weighted by Gasteiger charge is 2.23. The Balaban J connectivity index is 3.21. The van der Waals surface area contributed by atoms with Crippen LogP contribution >= 0.6 is 15.9 Å². The molecule has 2 N–H and O–H groups in total. The van der Waals surface area contributed by atoms with Crippen molar-refractivity contribution in [1.29, 1.82) is 0 Å². The summed E-state index contributed by atoms with van der Waals surface area (Å²) < 4.78 is 4.50. The molecule has 0 bridgehead atoms. The van der Waals surface area contributed by atoms with Crippen LogP contribution in [0.15, 0.2) is 18.2 Å². The highest BCUT2D eigenvalue weighted by Crippen LogP contribution is 2.26. The van der Waals surface area contributed by atoms with Gasteiger partial charge in [0.05, 0.1) is 23.7 Å². The van der Waals surface area contributed by atoms with E-state index in [0.717, 1.165) is 19.2 Å². The number of aliphatic hydroxyl groups is 2. The molecule has 0 aliphatic heterocycles. The number of nitro groups is 1. The topological polar surface area (TPSA) is 110 Å². The van der Waals surface area contributed by atoms with E-state index in [2.05, 4.69) is 20.7 Å². The van der Waals surface area contributed by atoms with Crippen LogP contribution in [0, 0.1) is 10.1 Å². The first-order valence-electron chi connectivity index (χ1n) is 5.70. The molecule has 0 amide bonds. The van der Waals surface area contributed by atoms with Crippen molar-refractivity contribution in [2.45, 2.75) is 18.6 Å². The van der Waals surface area contributed by atoms with Crippen molar-refractivity contribution in [3.63, 3.8) is 0 Å². The minimum atomic E-state index is -1.32.